The van der Waals surface area contributed by atoms with Crippen LogP contribution in [0.5, 0.6) is 0 Å². The lowest BCUT2D eigenvalue weighted by Crippen LogP contribution is -2.57. The van der Waals surface area contributed by atoms with E-state index in [0.717, 1.165) is 13.1 Å². The molecule has 0 aromatic rings. The predicted molar refractivity (Wildman–Crippen MR) is 67.2 cm³/mol. The molecule has 5 nitrogen and oxygen atoms in total. The number of aliphatic hydroxyl groups excluding tert-OH is 1. The zero-order valence-corrected chi connectivity index (χ0v) is 11.2. The number of hydrogen-bond acceptors (Lipinski definition) is 5. The van der Waals surface area contributed by atoms with Crippen molar-refractivity contribution in [3.63, 3.8) is 0 Å². The van der Waals surface area contributed by atoms with Gasteiger partial charge in [0.2, 0.25) is 0 Å². The molecule has 5 heteroatoms. The summed E-state index contributed by atoms with van der Waals surface area (Å²) >= 11 is 0. The minimum atomic E-state index is -0.421. The lowest BCUT2D eigenvalue weighted by molar-refractivity contribution is -0.0165. The number of piperazine rings is 1. The van der Waals surface area contributed by atoms with Gasteiger partial charge in [-0.2, -0.15) is 0 Å². The highest BCUT2D eigenvalue weighted by atomic mass is 16.5. The summed E-state index contributed by atoms with van der Waals surface area (Å²) in [6, 6.07) is 0.930. The first-order valence-corrected chi connectivity index (χ1v) is 6.36. The van der Waals surface area contributed by atoms with E-state index in [4.69, 9.17) is 9.47 Å². The van der Waals surface area contributed by atoms with Gasteiger partial charge in [-0.1, -0.05) is 0 Å². The van der Waals surface area contributed by atoms with Gasteiger partial charge in [-0.3, -0.25) is 4.90 Å². The van der Waals surface area contributed by atoms with E-state index in [1.54, 1.807) is 7.11 Å². The molecule has 0 saturated carbocycles. The highest BCUT2D eigenvalue weighted by molar-refractivity contribution is 4.83. The lowest BCUT2D eigenvalue weighted by Gasteiger charge is -2.40. The minimum Gasteiger partial charge on any atom is -0.389 e. The van der Waals surface area contributed by atoms with Crippen molar-refractivity contribution < 1.29 is 14.6 Å². The Morgan fingerprint density at radius 3 is 2.53 bits per heavy atom. The molecule has 3 atom stereocenters. The summed E-state index contributed by atoms with van der Waals surface area (Å²) in [6.45, 7) is 8.52. The molecule has 1 heterocycles. The van der Waals surface area contributed by atoms with Gasteiger partial charge in [-0.15, -0.1) is 0 Å². The Labute approximate surface area is 104 Å². The molecule has 0 aliphatic carbocycles. The van der Waals surface area contributed by atoms with Crippen LogP contribution in [0.15, 0.2) is 0 Å². The number of nitrogens with zero attached hydrogens (tertiary/aromatic N) is 1. The third-order valence-corrected chi connectivity index (χ3v) is 3.18. The van der Waals surface area contributed by atoms with E-state index < -0.39 is 6.10 Å². The van der Waals surface area contributed by atoms with Gasteiger partial charge in [-0.25, -0.2) is 0 Å². The second-order valence-corrected chi connectivity index (χ2v) is 4.77. The summed E-state index contributed by atoms with van der Waals surface area (Å²) in [4.78, 5) is 2.33. The molecule has 0 spiro atoms. The standard InChI is InChI=1S/C12H26N2O3/c1-10-6-13-7-11(2)14(10)8-12(15)9-17-5-4-16-3/h10-13,15H,4-9H2,1-3H3. The molecule has 1 aliphatic rings. The van der Waals surface area contributed by atoms with E-state index in [1.807, 2.05) is 0 Å². The number of β-amino-alcohol motifs (C(OH)–C–C–N with tert-alkyl or cyclic N) is 1. The summed E-state index contributed by atoms with van der Waals surface area (Å²) in [5.41, 5.74) is 0. The van der Waals surface area contributed by atoms with E-state index in [1.165, 1.54) is 0 Å². The van der Waals surface area contributed by atoms with Crippen LogP contribution in [0.2, 0.25) is 0 Å². The Kier molecular flexibility index (Phi) is 6.99. The maximum atomic E-state index is 9.91. The van der Waals surface area contributed by atoms with Crippen LogP contribution in [-0.2, 0) is 9.47 Å². The van der Waals surface area contributed by atoms with Crippen molar-refractivity contribution in [3.05, 3.63) is 0 Å². The Balaban J connectivity index is 2.21. The third-order valence-electron chi connectivity index (χ3n) is 3.18. The van der Waals surface area contributed by atoms with Crippen molar-refractivity contribution in [3.8, 4) is 0 Å². The molecule has 1 rings (SSSR count). The molecular formula is C12H26N2O3. The average Bonchev–Trinajstić information content (AvgIpc) is 2.30. The third kappa shape index (κ3) is 5.31. The molecule has 0 aromatic heterocycles. The highest BCUT2D eigenvalue weighted by Gasteiger charge is 2.26. The van der Waals surface area contributed by atoms with Crippen molar-refractivity contribution in [1.82, 2.24) is 10.2 Å². The van der Waals surface area contributed by atoms with Gasteiger partial charge in [0.15, 0.2) is 0 Å². The largest absolute Gasteiger partial charge is 0.389 e. The average molecular weight is 246 g/mol. The van der Waals surface area contributed by atoms with Crippen LogP contribution >= 0.6 is 0 Å². The van der Waals surface area contributed by atoms with Crippen LogP contribution in [-0.4, -0.2) is 74.8 Å². The summed E-state index contributed by atoms with van der Waals surface area (Å²) < 4.78 is 10.2. The number of ether oxygens (including phenoxy) is 2. The molecule has 0 bridgehead atoms. The molecular weight excluding hydrogens is 220 g/mol. The van der Waals surface area contributed by atoms with Crippen LogP contribution in [0.3, 0.4) is 0 Å². The van der Waals surface area contributed by atoms with Crippen LogP contribution < -0.4 is 5.32 Å². The summed E-state index contributed by atoms with van der Waals surface area (Å²) in [7, 11) is 1.64. The first kappa shape index (κ1) is 14.9. The Bertz CT molecular complexity index is 194. The van der Waals surface area contributed by atoms with Crippen molar-refractivity contribution >= 4 is 0 Å². The minimum absolute atomic E-state index is 0.382. The highest BCUT2D eigenvalue weighted by Crippen LogP contribution is 2.10. The van der Waals surface area contributed by atoms with Gasteiger partial charge in [0.05, 0.1) is 25.9 Å². The van der Waals surface area contributed by atoms with Crippen molar-refractivity contribution in [2.75, 3.05) is 46.6 Å². The van der Waals surface area contributed by atoms with Crippen LogP contribution in [0.1, 0.15) is 13.8 Å². The summed E-state index contributed by atoms with van der Waals surface area (Å²) in [5, 5.41) is 13.3. The van der Waals surface area contributed by atoms with Crippen LogP contribution in [0, 0.1) is 0 Å². The predicted octanol–water partition coefficient (Wildman–Crippen LogP) is -0.307. The maximum Gasteiger partial charge on any atom is 0.0900 e. The molecule has 1 fully saturated rings. The first-order valence-electron chi connectivity index (χ1n) is 6.36. The van der Waals surface area contributed by atoms with E-state index in [2.05, 4.69) is 24.1 Å². The van der Waals surface area contributed by atoms with Crippen molar-refractivity contribution in [2.24, 2.45) is 0 Å². The molecule has 0 aromatic carbocycles. The molecule has 1 saturated heterocycles. The fourth-order valence-corrected chi connectivity index (χ4v) is 2.19. The summed E-state index contributed by atoms with van der Waals surface area (Å²) in [5.74, 6) is 0. The molecule has 0 amide bonds. The van der Waals surface area contributed by atoms with E-state index in [-0.39, 0.29) is 0 Å². The van der Waals surface area contributed by atoms with Crippen molar-refractivity contribution in [2.45, 2.75) is 32.0 Å². The van der Waals surface area contributed by atoms with E-state index >= 15 is 0 Å². The maximum absolute atomic E-state index is 9.91. The Hall–Kier alpha value is -0.200. The van der Waals surface area contributed by atoms with Gasteiger partial charge < -0.3 is 19.9 Å². The van der Waals surface area contributed by atoms with Gasteiger partial charge >= 0.3 is 0 Å². The van der Waals surface area contributed by atoms with Gasteiger partial charge in [0, 0.05) is 38.8 Å². The number of rotatable bonds is 7. The monoisotopic (exact) mass is 246 g/mol. The van der Waals surface area contributed by atoms with E-state index in [9.17, 15) is 5.11 Å². The van der Waals surface area contributed by atoms with E-state index in [0.29, 0.717) is 38.4 Å². The van der Waals surface area contributed by atoms with Gasteiger partial charge in [-0.05, 0) is 13.8 Å². The number of nitrogens with one attached hydrogen (secondary N) is 1. The molecule has 2 N–H and O–H groups in total. The summed E-state index contributed by atoms with van der Waals surface area (Å²) in [6.07, 6.45) is -0.421. The molecule has 102 valence electrons. The lowest BCUT2D eigenvalue weighted by atomic mass is 10.1. The van der Waals surface area contributed by atoms with Gasteiger partial charge in [0.1, 0.15) is 0 Å². The fourth-order valence-electron chi connectivity index (χ4n) is 2.19. The normalized spacial score (nSPS) is 28.2. The molecule has 3 unspecified atom stereocenters. The second-order valence-electron chi connectivity index (χ2n) is 4.77. The molecule has 17 heavy (non-hydrogen) atoms. The Morgan fingerprint density at radius 1 is 1.29 bits per heavy atom. The first-order chi connectivity index (χ1) is 8.15. The molecule has 0 radical (unpaired) electrons. The SMILES string of the molecule is COCCOCC(O)CN1C(C)CNCC1C. The van der Waals surface area contributed by atoms with Crippen LogP contribution in [0.25, 0.3) is 0 Å². The second kappa shape index (κ2) is 8.00. The topological polar surface area (TPSA) is 54.0 Å². The number of methoxy groups -OCH3 is 1. The molecule has 1 aliphatic heterocycles. The van der Waals surface area contributed by atoms with Gasteiger partial charge in [0.25, 0.3) is 0 Å². The van der Waals surface area contributed by atoms with Crippen LogP contribution in [0.4, 0.5) is 0 Å². The van der Waals surface area contributed by atoms with Crippen molar-refractivity contribution in [1.29, 1.82) is 0 Å². The zero-order chi connectivity index (χ0) is 12.7. The smallest absolute Gasteiger partial charge is 0.0900 e. The number of aliphatic hydroxyl groups is 1. The quantitative estimate of drug-likeness (QED) is 0.604. The fraction of sp³-hybridized carbons (Fsp3) is 1.00. The zero-order valence-electron chi connectivity index (χ0n) is 11.2. The number of hydrogen-bond donors (Lipinski definition) is 2. The Morgan fingerprint density at radius 2 is 1.94 bits per heavy atom.